The third-order valence-corrected chi connectivity index (χ3v) is 2.23. The first-order valence-corrected chi connectivity index (χ1v) is 5.61. The third kappa shape index (κ3) is 5.44. The van der Waals surface area contributed by atoms with E-state index in [0.29, 0.717) is 6.29 Å². The van der Waals surface area contributed by atoms with Crippen molar-refractivity contribution in [3.05, 3.63) is 0 Å². The van der Waals surface area contributed by atoms with Crippen LogP contribution in [0.3, 0.4) is 0 Å². The van der Waals surface area contributed by atoms with E-state index in [4.69, 9.17) is 5.73 Å². The predicted octanol–water partition coefficient (Wildman–Crippen LogP) is -0.822. The van der Waals surface area contributed by atoms with Crippen molar-refractivity contribution in [1.29, 1.82) is 0 Å². The molecule has 0 radical (unpaired) electrons. The molecule has 0 unspecified atom stereocenters. The van der Waals surface area contributed by atoms with Crippen molar-refractivity contribution in [2.45, 2.75) is 45.8 Å². The SMILES string of the molecule is CC(C)[C@H](NC(=O)[C@H](C)N)C(=O)N[C@@H](C)C=O. The third-order valence-electron chi connectivity index (χ3n) is 2.23. The molecule has 0 aliphatic carbocycles. The van der Waals surface area contributed by atoms with Gasteiger partial charge in [-0.1, -0.05) is 13.8 Å². The number of carbonyl (C=O) groups is 3. The molecular weight excluding hydrogens is 222 g/mol. The molecular formula is C11H21N3O3. The molecule has 0 fully saturated rings. The summed E-state index contributed by atoms with van der Waals surface area (Å²) < 4.78 is 0. The van der Waals surface area contributed by atoms with Gasteiger partial charge in [-0.25, -0.2) is 0 Å². The number of hydrogen-bond acceptors (Lipinski definition) is 4. The number of nitrogens with one attached hydrogen (secondary N) is 2. The predicted molar refractivity (Wildman–Crippen MR) is 64.1 cm³/mol. The van der Waals surface area contributed by atoms with Gasteiger partial charge in [0.15, 0.2) is 0 Å². The zero-order valence-electron chi connectivity index (χ0n) is 10.7. The van der Waals surface area contributed by atoms with Gasteiger partial charge in [-0.05, 0) is 19.8 Å². The van der Waals surface area contributed by atoms with Crippen LogP contribution in [0.15, 0.2) is 0 Å². The molecule has 0 spiro atoms. The Morgan fingerprint density at radius 1 is 1.06 bits per heavy atom. The van der Waals surface area contributed by atoms with E-state index in [9.17, 15) is 14.4 Å². The highest BCUT2D eigenvalue weighted by atomic mass is 16.2. The van der Waals surface area contributed by atoms with E-state index in [1.54, 1.807) is 27.7 Å². The van der Waals surface area contributed by atoms with Gasteiger partial charge in [0.1, 0.15) is 12.3 Å². The van der Waals surface area contributed by atoms with Crippen LogP contribution in [0.1, 0.15) is 27.7 Å². The molecule has 6 heteroatoms. The lowest BCUT2D eigenvalue weighted by Gasteiger charge is -2.23. The van der Waals surface area contributed by atoms with Crippen molar-refractivity contribution in [2.75, 3.05) is 0 Å². The Balaban J connectivity index is 4.57. The average Bonchev–Trinajstić information content (AvgIpc) is 2.24. The van der Waals surface area contributed by atoms with E-state index >= 15 is 0 Å². The van der Waals surface area contributed by atoms with Crippen LogP contribution in [-0.2, 0) is 14.4 Å². The molecule has 0 rings (SSSR count). The van der Waals surface area contributed by atoms with E-state index in [0.717, 1.165) is 0 Å². The van der Waals surface area contributed by atoms with Crippen molar-refractivity contribution in [1.82, 2.24) is 10.6 Å². The summed E-state index contributed by atoms with van der Waals surface area (Å²) in [5, 5.41) is 5.05. The summed E-state index contributed by atoms with van der Waals surface area (Å²) in [5.74, 6) is -0.859. The van der Waals surface area contributed by atoms with Crippen LogP contribution in [0.2, 0.25) is 0 Å². The van der Waals surface area contributed by atoms with Gasteiger partial charge in [-0.3, -0.25) is 9.59 Å². The van der Waals surface area contributed by atoms with Gasteiger partial charge in [-0.2, -0.15) is 0 Å². The Hall–Kier alpha value is -1.43. The molecule has 2 amide bonds. The Labute approximate surface area is 101 Å². The quantitative estimate of drug-likeness (QED) is 0.530. The van der Waals surface area contributed by atoms with Gasteiger partial charge >= 0.3 is 0 Å². The van der Waals surface area contributed by atoms with Crippen LogP contribution in [0.5, 0.6) is 0 Å². The summed E-state index contributed by atoms with van der Waals surface area (Å²) >= 11 is 0. The van der Waals surface area contributed by atoms with E-state index in [-0.39, 0.29) is 11.8 Å². The molecule has 98 valence electrons. The van der Waals surface area contributed by atoms with Crippen molar-refractivity contribution < 1.29 is 14.4 Å². The number of rotatable bonds is 6. The van der Waals surface area contributed by atoms with Crippen molar-refractivity contribution in [3.8, 4) is 0 Å². The highest BCUT2D eigenvalue weighted by molar-refractivity contribution is 5.90. The number of nitrogens with two attached hydrogens (primary N) is 1. The normalized spacial score (nSPS) is 15.9. The minimum atomic E-state index is -0.684. The van der Waals surface area contributed by atoms with Gasteiger partial charge in [0.2, 0.25) is 11.8 Å². The molecule has 0 bridgehead atoms. The maximum absolute atomic E-state index is 11.8. The van der Waals surface area contributed by atoms with Crippen LogP contribution < -0.4 is 16.4 Å². The molecule has 0 aromatic rings. The molecule has 4 N–H and O–H groups in total. The smallest absolute Gasteiger partial charge is 0.243 e. The monoisotopic (exact) mass is 243 g/mol. The van der Waals surface area contributed by atoms with Crippen LogP contribution in [-0.4, -0.2) is 36.2 Å². The second-order valence-electron chi connectivity index (χ2n) is 4.45. The van der Waals surface area contributed by atoms with Crippen molar-refractivity contribution in [2.24, 2.45) is 11.7 Å². The van der Waals surface area contributed by atoms with Gasteiger partial charge in [0.05, 0.1) is 12.1 Å². The first kappa shape index (κ1) is 15.6. The summed E-state index contributed by atoms with van der Waals surface area (Å²) in [4.78, 5) is 33.7. The standard InChI is InChI=1S/C11H21N3O3/c1-6(2)9(14-10(16)8(4)12)11(17)13-7(3)5-15/h5-9H,12H2,1-4H3,(H,13,17)(H,14,16)/t7-,8-,9-/m0/s1. The second-order valence-corrected chi connectivity index (χ2v) is 4.45. The molecule has 0 aromatic heterocycles. The van der Waals surface area contributed by atoms with E-state index < -0.39 is 24.0 Å². The number of hydrogen-bond donors (Lipinski definition) is 3. The van der Waals surface area contributed by atoms with Gasteiger partial charge < -0.3 is 21.2 Å². The van der Waals surface area contributed by atoms with Gasteiger partial charge in [0.25, 0.3) is 0 Å². The van der Waals surface area contributed by atoms with Crippen molar-refractivity contribution in [3.63, 3.8) is 0 Å². The van der Waals surface area contributed by atoms with E-state index in [2.05, 4.69) is 10.6 Å². The summed E-state index contributed by atoms with van der Waals surface area (Å²) in [6.45, 7) is 6.71. The van der Waals surface area contributed by atoms with Gasteiger partial charge in [0, 0.05) is 0 Å². The first-order chi connectivity index (χ1) is 7.79. The highest BCUT2D eigenvalue weighted by Crippen LogP contribution is 2.02. The minimum absolute atomic E-state index is 0.0865. The molecule has 6 nitrogen and oxygen atoms in total. The minimum Gasteiger partial charge on any atom is -0.345 e. The lowest BCUT2D eigenvalue weighted by molar-refractivity contribution is -0.131. The molecule has 0 saturated carbocycles. The topological polar surface area (TPSA) is 101 Å². The molecule has 0 saturated heterocycles. The molecule has 17 heavy (non-hydrogen) atoms. The maximum Gasteiger partial charge on any atom is 0.243 e. The lowest BCUT2D eigenvalue weighted by atomic mass is 10.0. The van der Waals surface area contributed by atoms with E-state index in [1.165, 1.54) is 0 Å². The fourth-order valence-corrected chi connectivity index (χ4v) is 1.17. The molecule has 3 atom stereocenters. The fraction of sp³-hybridized carbons (Fsp3) is 0.727. The van der Waals surface area contributed by atoms with Crippen molar-refractivity contribution >= 4 is 18.1 Å². The maximum atomic E-state index is 11.8. The molecule has 0 heterocycles. The summed E-state index contributed by atoms with van der Waals surface area (Å²) in [6, 6.07) is -1.93. The Bertz CT molecular complexity index is 290. The summed E-state index contributed by atoms with van der Waals surface area (Å²) in [7, 11) is 0. The Morgan fingerprint density at radius 3 is 1.94 bits per heavy atom. The van der Waals surface area contributed by atoms with Gasteiger partial charge in [-0.15, -0.1) is 0 Å². The largest absolute Gasteiger partial charge is 0.345 e. The zero-order chi connectivity index (χ0) is 13.6. The molecule has 0 aromatic carbocycles. The summed E-state index contributed by atoms with van der Waals surface area (Å²) in [5.41, 5.74) is 5.41. The number of carbonyl (C=O) groups excluding carboxylic acids is 3. The number of aldehydes is 1. The van der Waals surface area contributed by atoms with Crippen LogP contribution >= 0.6 is 0 Å². The van der Waals surface area contributed by atoms with E-state index in [1.807, 2.05) is 0 Å². The lowest BCUT2D eigenvalue weighted by Crippen LogP contribution is -2.54. The summed E-state index contributed by atoms with van der Waals surface area (Å²) in [6.07, 6.45) is 0.628. The first-order valence-electron chi connectivity index (χ1n) is 5.61. The van der Waals surface area contributed by atoms with Crippen LogP contribution in [0, 0.1) is 5.92 Å². The van der Waals surface area contributed by atoms with Crippen LogP contribution in [0.4, 0.5) is 0 Å². The average molecular weight is 243 g/mol. The number of amides is 2. The highest BCUT2D eigenvalue weighted by Gasteiger charge is 2.25. The second kappa shape index (κ2) is 7.01. The van der Waals surface area contributed by atoms with Crippen LogP contribution in [0.25, 0.3) is 0 Å². The Morgan fingerprint density at radius 2 is 1.59 bits per heavy atom. The zero-order valence-corrected chi connectivity index (χ0v) is 10.7. The fourth-order valence-electron chi connectivity index (χ4n) is 1.17. The Kier molecular flexibility index (Phi) is 6.42. The molecule has 0 aliphatic rings. The molecule has 0 aliphatic heterocycles.